The Labute approximate surface area is 141 Å². The van der Waals surface area contributed by atoms with Crippen LogP contribution in [-0.2, 0) is 5.41 Å². The van der Waals surface area contributed by atoms with Crippen LogP contribution in [0.25, 0.3) is 0 Å². The van der Waals surface area contributed by atoms with Crippen LogP contribution in [0.2, 0.25) is 0 Å². The summed E-state index contributed by atoms with van der Waals surface area (Å²) in [6, 6.07) is 10.8. The van der Waals surface area contributed by atoms with Gasteiger partial charge in [-0.05, 0) is 41.6 Å². The monoisotopic (exact) mass is 329 g/mol. The summed E-state index contributed by atoms with van der Waals surface area (Å²) in [5.41, 5.74) is 2.24. The van der Waals surface area contributed by atoms with E-state index in [0.717, 1.165) is 17.9 Å². The van der Waals surface area contributed by atoms with Gasteiger partial charge in [-0.3, -0.25) is 0 Å². The molecule has 0 aliphatic carbocycles. The second-order valence-corrected chi connectivity index (χ2v) is 7.32. The molecule has 2 heterocycles. The second kappa shape index (κ2) is 6.24. The number of hydrogen-bond acceptors (Lipinski definition) is 5. The summed E-state index contributed by atoms with van der Waals surface area (Å²) in [5.74, 6) is 0.879. The predicted octanol–water partition coefficient (Wildman–Crippen LogP) is 4.12. The Morgan fingerprint density at radius 2 is 2.22 bits per heavy atom. The Balaban J connectivity index is 2.05. The highest BCUT2D eigenvalue weighted by Crippen LogP contribution is 2.45. The van der Waals surface area contributed by atoms with Gasteiger partial charge in [0.05, 0.1) is 13.2 Å². The normalized spacial score (nSPS) is 23.4. The van der Waals surface area contributed by atoms with E-state index in [9.17, 15) is 0 Å². The number of anilines is 1. The van der Waals surface area contributed by atoms with Gasteiger partial charge in [-0.15, -0.1) is 11.3 Å². The van der Waals surface area contributed by atoms with E-state index in [-0.39, 0.29) is 5.41 Å². The number of ether oxygens (including phenoxy) is 1. The van der Waals surface area contributed by atoms with Gasteiger partial charge in [0, 0.05) is 36.3 Å². The van der Waals surface area contributed by atoms with Gasteiger partial charge in [0.1, 0.15) is 5.75 Å². The molecule has 23 heavy (non-hydrogen) atoms. The summed E-state index contributed by atoms with van der Waals surface area (Å²) in [7, 11) is 5.60. The molecule has 1 aliphatic rings. The first-order valence-corrected chi connectivity index (χ1v) is 8.61. The van der Waals surface area contributed by atoms with Gasteiger partial charge in [-0.2, -0.15) is 5.10 Å². The molecule has 0 bridgehead atoms. The zero-order chi connectivity index (χ0) is 16.4. The van der Waals surface area contributed by atoms with E-state index in [2.05, 4.69) is 53.2 Å². The summed E-state index contributed by atoms with van der Waals surface area (Å²) in [6.45, 7) is 2.25. The van der Waals surface area contributed by atoms with Crippen LogP contribution in [0.4, 0.5) is 5.69 Å². The maximum atomic E-state index is 5.42. The third kappa shape index (κ3) is 3.20. The fourth-order valence-corrected chi connectivity index (χ4v) is 3.83. The fourth-order valence-electron chi connectivity index (χ4n) is 3.05. The zero-order valence-corrected chi connectivity index (χ0v) is 14.9. The number of nitrogens with one attached hydrogen (secondary N) is 1. The average molecular weight is 329 g/mol. The Kier molecular flexibility index (Phi) is 4.31. The van der Waals surface area contributed by atoms with E-state index in [1.807, 2.05) is 25.2 Å². The molecule has 1 aromatic carbocycles. The summed E-state index contributed by atoms with van der Waals surface area (Å²) in [6.07, 6.45) is 3.03. The summed E-state index contributed by atoms with van der Waals surface area (Å²) in [4.78, 5) is 1.36. The number of hydrazone groups is 1. The van der Waals surface area contributed by atoms with Gasteiger partial charge in [0.2, 0.25) is 0 Å². The lowest BCUT2D eigenvalue weighted by Crippen LogP contribution is -2.35. The van der Waals surface area contributed by atoms with Crippen molar-refractivity contribution in [2.24, 2.45) is 5.10 Å². The summed E-state index contributed by atoms with van der Waals surface area (Å²) >= 11 is 1.79. The number of benzene rings is 1. The Morgan fingerprint density at radius 1 is 1.39 bits per heavy atom. The molecule has 0 fully saturated rings. The molecular weight excluding hydrogens is 306 g/mol. The molecule has 1 N–H and O–H groups in total. The number of fused-ring (bicyclic) bond motifs is 1. The third-order valence-corrected chi connectivity index (χ3v) is 5.25. The van der Waals surface area contributed by atoms with Crippen LogP contribution >= 0.6 is 11.3 Å². The molecule has 0 spiro atoms. The van der Waals surface area contributed by atoms with Crippen LogP contribution in [0.5, 0.6) is 5.75 Å². The lowest BCUT2D eigenvalue weighted by molar-refractivity contribution is 0.410. The SMILES string of the molecule is COc1ccc2c(c1)[C@@](C)(/C=N/N(C)C)C[C@@H](c1cccs1)N2. The van der Waals surface area contributed by atoms with E-state index in [1.165, 1.54) is 10.4 Å². The third-order valence-electron chi connectivity index (χ3n) is 4.26. The maximum absolute atomic E-state index is 5.42. The molecule has 2 atom stereocenters. The van der Waals surface area contributed by atoms with Crippen molar-refractivity contribution in [3.05, 3.63) is 46.2 Å². The van der Waals surface area contributed by atoms with E-state index in [1.54, 1.807) is 18.4 Å². The largest absolute Gasteiger partial charge is 0.497 e. The van der Waals surface area contributed by atoms with Crippen molar-refractivity contribution in [2.45, 2.75) is 24.8 Å². The second-order valence-electron chi connectivity index (χ2n) is 6.34. The molecule has 0 unspecified atom stereocenters. The van der Waals surface area contributed by atoms with Crippen molar-refractivity contribution in [3.8, 4) is 5.75 Å². The first-order valence-electron chi connectivity index (χ1n) is 7.73. The highest BCUT2D eigenvalue weighted by Gasteiger charge is 2.37. The molecule has 1 aliphatic heterocycles. The fraction of sp³-hybridized carbons (Fsp3) is 0.389. The number of nitrogens with zero attached hydrogens (tertiary/aromatic N) is 2. The van der Waals surface area contributed by atoms with Gasteiger partial charge in [-0.25, -0.2) is 0 Å². The molecule has 2 aromatic rings. The minimum Gasteiger partial charge on any atom is -0.497 e. The van der Waals surface area contributed by atoms with Gasteiger partial charge in [-0.1, -0.05) is 13.0 Å². The number of methoxy groups -OCH3 is 1. The van der Waals surface area contributed by atoms with E-state index < -0.39 is 0 Å². The van der Waals surface area contributed by atoms with Crippen molar-refractivity contribution in [2.75, 3.05) is 26.5 Å². The highest BCUT2D eigenvalue weighted by atomic mass is 32.1. The standard InChI is InChI=1S/C18H23N3OS/c1-18(12-19-21(2)3)11-16(17-6-5-9-23-17)20-15-8-7-13(22-4)10-14(15)18/h5-10,12,16,20H,11H2,1-4H3/b19-12+/t16-,18+/m0/s1. The van der Waals surface area contributed by atoms with Crippen LogP contribution in [0.15, 0.2) is 40.8 Å². The molecule has 0 amide bonds. The van der Waals surface area contributed by atoms with Crippen LogP contribution in [0.1, 0.15) is 29.8 Å². The van der Waals surface area contributed by atoms with Crippen molar-refractivity contribution in [3.63, 3.8) is 0 Å². The van der Waals surface area contributed by atoms with Crippen LogP contribution < -0.4 is 10.1 Å². The molecule has 4 nitrogen and oxygen atoms in total. The van der Waals surface area contributed by atoms with Crippen LogP contribution in [0.3, 0.4) is 0 Å². The molecule has 0 radical (unpaired) electrons. The molecule has 0 saturated carbocycles. The average Bonchev–Trinajstić information content (AvgIpc) is 3.07. The van der Waals surface area contributed by atoms with Crippen LogP contribution in [-0.4, -0.2) is 32.4 Å². The lowest BCUT2D eigenvalue weighted by atomic mass is 9.74. The number of thiophene rings is 1. The Hall–Kier alpha value is -2.01. The number of rotatable bonds is 4. The number of hydrogen-bond donors (Lipinski definition) is 1. The van der Waals surface area contributed by atoms with Crippen molar-refractivity contribution < 1.29 is 4.74 Å². The van der Waals surface area contributed by atoms with Gasteiger partial charge in [0.15, 0.2) is 0 Å². The van der Waals surface area contributed by atoms with Gasteiger partial charge >= 0.3 is 0 Å². The quantitative estimate of drug-likeness (QED) is 0.677. The minimum absolute atomic E-state index is 0.145. The smallest absolute Gasteiger partial charge is 0.119 e. The molecule has 1 aromatic heterocycles. The van der Waals surface area contributed by atoms with Crippen molar-refractivity contribution >= 4 is 23.2 Å². The maximum Gasteiger partial charge on any atom is 0.119 e. The summed E-state index contributed by atoms with van der Waals surface area (Å²) < 4.78 is 5.42. The molecule has 5 heteroatoms. The lowest BCUT2D eigenvalue weighted by Gasteiger charge is -2.38. The zero-order valence-electron chi connectivity index (χ0n) is 14.0. The first-order chi connectivity index (χ1) is 11.0. The van der Waals surface area contributed by atoms with Crippen LogP contribution in [0, 0.1) is 0 Å². The first kappa shape index (κ1) is 15.9. The van der Waals surface area contributed by atoms with Gasteiger partial charge in [0.25, 0.3) is 0 Å². The Bertz CT molecular complexity index is 696. The van der Waals surface area contributed by atoms with E-state index in [0.29, 0.717) is 6.04 Å². The van der Waals surface area contributed by atoms with Crippen molar-refractivity contribution in [1.82, 2.24) is 5.01 Å². The highest BCUT2D eigenvalue weighted by molar-refractivity contribution is 7.10. The molecule has 3 rings (SSSR count). The minimum atomic E-state index is -0.145. The topological polar surface area (TPSA) is 36.9 Å². The van der Waals surface area contributed by atoms with Crippen molar-refractivity contribution in [1.29, 1.82) is 0 Å². The Morgan fingerprint density at radius 3 is 2.87 bits per heavy atom. The predicted molar refractivity (Wildman–Crippen MR) is 97.8 cm³/mol. The molecule has 122 valence electrons. The molecule has 0 saturated heterocycles. The molecular formula is C18H23N3OS. The van der Waals surface area contributed by atoms with E-state index >= 15 is 0 Å². The van der Waals surface area contributed by atoms with Gasteiger partial charge < -0.3 is 15.1 Å². The van der Waals surface area contributed by atoms with E-state index in [4.69, 9.17) is 4.74 Å². The summed E-state index contributed by atoms with van der Waals surface area (Å²) in [5, 5.41) is 12.2.